The lowest BCUT2D eigenvalue weighted by molar-refractivity contribution is -0.385. The summed E-state index contributed by atoms with van der Waals surface area (Å²) in [6, 6.07) is 24.8. The van der Waals surface area contributed by atoms with Crippen molar-refractivity contribution in [2.45, 2.75) is 31.9 Å². The molecule has 0 aliphatic carbocycles. The van der Waals surface area contributed by atoms with Crippen LogP contribution in [-0.2, 0) is 4.43 Å². The van der Waals surface area contributed by atoms with Gasteiger partial charge in [-0.05, 0) is 15.4 Å². The largest absolute Gasteiger partial charge is 0.490 e. The van der Waals surface area contributed by atoms with Crippen LogP contribution in [0.1, 0.15) is 32.4 Å². The average Bonchev–Trinajstić information content (AvgIpc) is 2.79. The van der Waals surface area contributed by atoms with Crippen molar-refractivity contribution in [3.05, 3.63) is 94.5 Å². The fraction of sp³-hybridized carbons (Fsp3) is 0.280. The Balaban J connectivity index is 2.06. The SMILES string of the molecule is COc1c([C@@H](O)CO[Si](c2ccccc2)(c2ccccc2)C(C)(C)C)cccc1[N+](=O)[O-]. The number of hydrogen-bond acceptors (Lipinski definition) is 5. The molecule has 0 saturated carbocycles. The molecule has 0 heterocycles. The fourth-order valence-corrected chi connectivity index (χ4v) is 8.79. The Morgan fingerprint density at radius 2 is 1.47 bits per heavy atom. The van der Waals surface area contributed by atoms with Crippen LogP contribution in [0, 0.1) is 10.1 Å². The van der Waals surface area contributed by atoms with E-state index >= 15 is 0 Å². The van der Waals surface area contributed by atoms with Crippen LogP contribution >= 0.6 is 0 Å². The van der Waals surface area contributed by atoms with E-state index in [1.165, 1.54) is 13.2 Å². The van der Waals surface area contributed by atoms with Crippen molar-refractivity contribution in [1.29, 1.82) is 0 Å². The van der Waals surface area contributed by atoms with Crippen LogP contribution in [0.5, 0.6) is 5.75 Å². The molecule has 0 unspecified atom stereocenters. The number of aliphatic hydroxyl groups is 1. The molecule has 168 valence electrons. The van der Waals surface area contributed by atoms with Gasteiger partial charge in [0.1, 0.15) is 6.10 Å². The molecule has 6 nitrogen and oxygen atoms in total. The Bertz CT molecular complexity index is 1010. The van der Waals surface area contributed by atoms with Crippen molar-refractivity contribution >= 4 is 24.4 Å². The van der Waals surface area contributed by atoms with Crippen molar-refractivity contribution in [1.82, 2.24) is 0 Å². The fourth-order valence-electron chi connectivity index (χ4n) is 4.23. The van der Waals surface area contributed by atoms with E-state index in [0.717, 1.165) is 10.4 Å². The lowest BCUT2D eigenvalue weighted by Crippen LogP contribution is -2.66. The standard InChI is InChI=1S/C25H29NO5Si/c1-25(2,3)32(19-12-7-5-8-13-19,20-14-9-6-10-15-20)31-18-23(27)21-16-11-17-22(26(28)29)24(21)30-4/h5-17,23,27H,18H2,1-4H3/t23-/m0/s1. The number of nitrogens with zero attached hydrogens (tertiary/aromatic N) is 1. The van der Waals surface area contributed by atoms with Crippen LogP contribution < -0.4 is 15.1 Å². The van der Waals surface area contributed by atoms with Crippen LogP contribution in [0.3, 0.4) is 0 Å². The third-order valence-corrected chi connectivity index (χ3v) is 10.7. The van der Waals surface area contributed by atoms with Crippen LogP contribution in [0.15, 0.2) is 78.9 Å². The third-order valence-electron chi connectivity index (χ3n) is 5.66. The summed E-state index contributed by atoms with van der Waals surface area (Å²) in [6.07, 6.45) is -1.09. The van der Waals surface area contributed by atoms with Crippen LogP contribution in [0.4, 0.5) is 5.69 Å². The molecular weight excluding hydrogens is 422 g/mol. The summed E-state index contributed by atoms with van der Waals surface area (Å²) in [5.74, 6) is 0.0519. The lowest BCUT2D eigenvalue weighted by atomic mass is 10.1. The molecular formula is C25H29NO5Si. The Morgan fingerprint density at radius 3 is 1.91 bits per heavy atom. The van der Waals surface area contributed by atoms with Gasteiger partial charge in [0.25, 0.3) is 8.32 Å². The van der Waals surface area contributed by atoms with Crippen LogP contribution in [0.2, 0.25) is 5.04 Å². The number of nitro groups is 1. The van der Waals surface area contributed by atoms with Gasteiger partial charge in [-0.1, -0.05) is 93.6 Å². The van der Waals surface area contributed by atoms with E-state index in [9.17, 15) is 15.2 Å². The molecule has 0 aliphatic rings. The van der Waals surface area contributed by atoms with Gasteiger partial charge >= 0.3 is 5.69 Å². The monoisotopic (exact) mass is 451 g/mol. The zero-order chi connectivity index (χ0) is 23.4. The number of benzene rings is 3. The number of para-hydroxylation sites is 1. The molecule has 0 bridgehead atoms. The maximum absolute atomic E-state index is 11.4. The first-order valence-electron chi connectivity index (χ1n) is 10.5. The second-order valence-electron chi connectivity index (χ2n) is 8.65. The quantitative estimate of drug-likeness (QED) is 0.315. The van der Waals surface area contributed by atoms with Gasteiger partial charge in [-0.25, -0.2) is 0 Å². The van der Waals surface area contributed by atoms with E-state index in [4.69, 9.17) is 9.16 Å². The Labute approximate surface area is 189 Å². The van der Waals surface area contributed by atoms with E-state index < -0.39 is 19.3 Å². The molecule has 3 aromatic carbocycles. The first kappa shape index (κ1) is 23.7. The molecule has 7 heteroatoms. The van der Waals surface area contributed by atoms with Gasteiger partial charge in [0, 0.05) is 11.6 Å². The normalized spacial score (nSPS) is 12.9. The van der Waals surface area contributed by atoms with Crippen molar-refractivity contribution in [2.75, 3.05) is 13.7 Å². The smallest absolute Gasteiger partial charge is 0.311 e. The molecule has 0 saturated heterocycles. The van der Waals surface area contributed by atoms with Crippen LogP contribution in [0.25, 0.3) is 0 Å². The van der Waals surface area contributed by atoms with Crippen molar-refractivity contribution in [2.24, 2.45) is 0 Å². The van der Waals surface area contributed by atoms with Gasteiger partial charge < -0.3 is 14.3 Å². The average molecular weight is 452 g/mol. The summed E-state index contributed by atoms with van der Waals surface area (Å²) < 4.78 is 12.0. The molecule has 0 aromatic heterocycles. The molecule has 0 aliphatic heterocycles. The second kappa shape index (κ2) is 9.64. The molecule has 32 heavy (non-hydrogen) atoms. The maximum Gasteiger partial charge on any atom is 0.311 e. The Morgan fingerprint density at radius 1 is 0.938 bits per heavy atom. The highest BCUT2D eigenvalue weighted by molar-refractivity contribution is 6.99. The van der Waals surface area contributed by atoms with Crippen molar-refractivity contribution < 1.29 is 19.2 Å². The van der Waals surface area contributed by atoms with Crippen molar-refractivity contribution in [3.8, 4) is 5.75 Å². The number of methoxy groups -OCH3 is 1. The van der Waals surface area contributed by atoms with Gasteiger partial charge in [-0.15, -0.1) is 0 Å². The van der Waals surface area contributed by atoms with Gasteiger partial charge in [0.05, 0.1) is 18.6 Å². The number of ether oxygens (including phenoxy) is 1. The highest BCUT2D eigenvalue weighted by Crippen LogP contribution is 2.39. The molecule has 0 amide bonds. The van der Waals surface area contributed by atoms with E-state index in [2.05, 4.69) is 45.0 Å². The van der Waals surface area contributed by atoms with Gasteiger partial charge in [0.15, 0.2) is 0 Å². The first-order chi connectivity index (χ1) is 15.2. The predicted molar refractivity (Wildman–Crippen MR) is 128 cm³/mol. The number of rotatable bonds is 8. The zero-order valence-electron chi connectivity index (χ0n) is 18.8. The minimum atomic E-state index is -2.84. The van der Waals surface area contributed by atoms with Gasteiger partial charge in [-0.3, -0.25) is 10.1 Å². The highest BCUT2D eigenvalue weighted by Gasteiger charge is 2.50. The predicted octanol–water partition coefficient (Wildman–Crippen LogP) is 4.21. The molecule has 0 fully saturated rings. The summed E-state index contributed by atoms with van der Waals surface area (Å²) >= 11 is 0. The molecule has 1 atom stereocenters. The number of nitro benzene ring substituents is 1. The number of aliphatic hydroxyl groups excluding tert-OH is 1. The summed E-state index contributed by atoms with van der Waals surface area (Å²) in [4.78, 5) is 10.9. The minimum Gasteiger partial charge on any atom is -0.490 e. The van der Waals surface area contributed by atoms with E-state index in [-0.39, 0.29) is 23.1 Å². The van der Waals surface area contributed by atoms with Crippen LogP contribution in [-0.4, -0.2) is 32.1 Å². The molecule has 0 radical (unpaired) electrons. The Kier molecular flexibility index (Phi) is 7.13. The van der Waals surface area contributed by atoms with Gasteiger partial charge in [-0.2, -0.15) is 0 Å². The number of hydrogen-bond donors (Lipinski definition) is 1. The highest BCUT2D eigenvalue weighted by atomic mass is 28.4. The molecule has 3 rings (SSSR count). The Hall–Kier alpha value is -3.00. The summed E-state index contributed by atoms with van der Waals surface area (Å²) in [6.45, 7) is 6.43. The summed E-state index contributed by atoms with van der Waals surface area (Å²) in [7, 11) is -1.48. The summed E-state index contributed by atoms with van der Waals surface area (Å²) in [5.41, 5.74) is 0.147. The lowest BCUT2D eigenvalue weighted by Gasteiger charge is -2.43. The summed E-state index contributed by atoms with van der Waals surface area (Å²) in [5, 5.41) is 24.4. The maximum atomic E-state index is 11.4. The second-order valence-corrected chi connectivity index (χ2v) is 13.0. The molecule has 3 aromatic rings. The zero-order valence-corrected chi connectivity index (χ0v) is 19.8. The van der Waals surface area contributed by atoms with E-state index in [0.29, 0.717) is 5.56 Å². The van der Waals surface area contributed by atoms with Crippen molar-refractivity contribution in [3.63, 3.8) is 0 Å². The van der Waals surface area contributed by atoms with E-state index in [1.54, 1.807) is 12.1 Å². The third kappa shape index (κ3) is 4.45. The minimum absolute atomic E-state index is 0.0230. The van der Waals surface area contributed by atoms with E-state index in [1.807, 2.05) is 36.4 Å². The molecule has 0 spiro atoms. The topological polar surface area (TPSA) is 81.8 Å². The van der Waals surface area contributed by atoms with Gasteiger partial charge in [0.2, 0.25) is 5.75 Å². The molecule has 1 N–H and O–H groups in total. The first-order valence-corrected chi connectivity index (χ1v) is 12.4.